The minimum absolute atomic E-state index is 0.0729. The number of carbonyl (C=O) groups is 1. The van der Waals surface area contributed by atoms with Crippen LogP contribution in [0, 0.1) is 13.8 Å². The van der Waals surface area contributed by atoms with Crippen LogP contribution in [0.5, 0.6) is 0 Å². The van der Waals surface area contributed by atoms with E-state index in [1.54, 1.807) is 6.92 Å². The highest BCUT2D eigenvalue weighted by Gasteiger charge is 2.27. The summed E-state index contributed by atoms with van der Waals surface area (Å²) in [6, 6.07) is 4.00. The van der Waals surface area contributed by atoms with E-state index in [1.807, 2.05) is 37.9 Å². The second-order valence-electron chi connectivity index (χ2n) is 5.98. The van der Waals surface area contributed by atoms with E-state index in [2.05, 4.69) is 31.9 Å². The van der Waals surface area contributed by atoms with Gasteiger partial charge in [-0.2, -0.15) is 0 Å². The lowest BCUT2D eigenvalue weighted by atomic mass is 9.99. The van der Waals surface area contributed by atoms with E-state index in [0.29, 0.717) is 0 Å². The highest BCUT2D eigenvalue weighted by molar-refractivity contribution is 5.97. The first-order valence-corrected chi connectivity index (χ1v) is 7.38. The van der Waals surface area contributed by atoms with Gasteiger partial charge in [0, 0.05) is 24.0 Å². The maximum absolute atomic E-state index is 11.9. The lowest BCUT2D eigenvalue weighted by Crippen LogP contribution is -2.37. The SMILES string of the molecule is C=C1C(C)=C(C)N(C)C(=C)N1c1cc(C(C)=O)c(C)cc1C. The Morgan fingerprint density at radius 1 is 1.05 bits per heavy atom. The van der Waals surface area contributed by atoms with Crippen molar-refractivity contribution in [3.63, 3.8) is 0 Å². The van der Waals surface area contributed by atoms with E-state index >= 15 is 0 Å². The molecule has 1 aromatic carbocycles. The van der Waals surface area contributed by atoms with E-state index < -0.39 is 0 Å². The van der Waals surface area contributed by atoms with Crippen molar-refractivity contribution in [3.05, 3.63) is 64.8 Å². The zero-order valence-electron chi connectivity index (χ0n) is 14.4. The molecule has 0 aromatic heterocycles. The Morgan fingerprint density at radius 3 is 2.18 bits per heavy atom. The maximum Gasteiger partial charge on any atom is 0.160 e. The second-order valence-corrected chi connectivity index (χ2v) is 5.98. The number of allylic oxidation sites excluding steroid dienone is 2. The number of carbonyl (C=O) groups excluding carboxylic acids is 1. The Bertz CT molecular complexity index is 725. The molecule has 2 rings (SSSR count). The first kappa shape index (κ1) is 16.1. The Morgan fingerprint density at radius 2 is 1.64 bits per heavy atom. The van der Waals surface area contributed by atoms with Crippen LogP contribution < -0.4 is 4.90 Å². The molecule has 0 amide bonds. The van der Waals surface area contributed by atoms with Gasteiger partial charge in [0.15, 0.2) is 5.78 Å². The molecule has 1 aliphatic heterocycles. The number of hydrogen-bond donors (Lipinski definition) is 0. The van der Waals surface area contributed by atoms with Crippen molar-refractivity contribution in [2.45, 2.75) is 34.6 Å². The fourth-order valence-corrected chi connectivity index (χ4v) is 2.87. The quantitative estimate of drug-likeness (QED) is 0.749. The molecule has 0 spiro atoms. The summed E-state index contributed by atoms with van der Waals surface area (Å²) >= 11 is 0. The van der Waals surface area contributed by atoms with Crippen molar-refractivity contribution in [1.29, 1.82) is 0 Å². The normalized spacial score (nSPS) is 15.7. The van der Waals surface area contributed by atoms with Crippen molar-refractivity contribution in [2.24, 2.45) is 0 Å². The summed E-state index contributed by atoms with van der Waals surface area (Å²) in [6.07, 6.45) is 0. The van der Waals surface area contributed by atoms with Gasteiger partial charge in [0.05, 0.1) is 5.69 Å². The highest BCUT2D eigenvalue weighted by Crippen LogP contribution is 2.37. The molecule has 0 aliphatic carbocycles. The Hall–Kier alpha value is -2.29. The minimum atomic E-state index is 0.0729. The van der Waals surface area contributed by atoms with Crippen molar-refractivity contribution in [1.82, 2.24) is 4.90 Å². The summed E-state index contributed by atoms with van der Waals surface area (Å²) < 4.78 is 0. The third-order valence-electron chi connectivity index (χ3n) is 4.56. The van der Waals surface area contributed by atoms with Crippen LogP contribution >= 0.6 is 0 Å². The summed E-state index contributed by atoms with van der Waals surface area (Å²) in [7, 11) is 2.00. The van der Waals surface area contributed by atoms with Crippen LogP contribution in [-0.4, -0.2) is 17.7 Å². The van der Waals surface area contributed by atoms with Crippen molar-refractivity contribution in [2.75, 3.05) is 11.9 Å². The van der Waals surface area contributed by atoms with Crippen molar-refractivity contribution >= 4 is 11.5 Å². The molecule has 116 valence electrons. The Balaban J connectivity index is 2.66. The summed E-state index contributed by atoms with van der Waals surface area (Å²) in [5, 5.41) is 0. The zero-order valence-corrected chi connectivity index (χ0v) is 14.4. The third-order valence-corrected chi connectivity index (χ3v) is 4.56. The number of ketones is 1. The van der Waals surface area contributed by atoms with Gasteiger partial charge in [0.1, 0.15) is 5.82 Å². The van der Waals surface area contributed by atoms with Crippen LogP contribution in [0.3, 0.4) is 0 Å². The molecule has 0 atom stereocenters. The van der Waals surface area contributed by atoms with Gasteiger partial charge in [0.2, 0.25) is 0 Å². The Kier molecular flexibility index (Phi) is 4.01. The third kappa shape index (κ3) is 2.37. The fraction of sp³-hybridized carbons (Fsp3) is 0.316. The number of rotatable bonds is 2. The molecule has 0 unspecified atom stereocenters. The molecule has 3 heteroatoms. The molecule has 3 nitrogen and oxygen atoms in total. The molecule has 0 saturated heterocycles. The smallest absolute Gasteiger partial charge is 0.160 e. The predicted molar refractivity (Wildman–Crippen MR) is 92.8 cm³/mol. The summed E-state index contributed by atoms with van der Waals surface area (Å²) in [5.41, 5.74) is 6.98. The van der Waals surface area contributed by atoms with Gasteiger partial charge in [-0.3, -0.25) is 9.69 Å². The summed E-state index contributed by atoms with van der Waals surface area (Å²) in [4.78, 5) is 16.0. The number of Topliss-reactive ketones (excluding diaryl/α,β-unsaturated/α-hetero) is 1. The van der Waals surface area contributed by atoms with Gasteiger partial charge in [-0.1, -0.05) is 19.2 Å². The minimum Gasteiger partial charge on any atom is -0.335 e. The molecule has 22 heavy (non-hydrogen) atoms. The van der Waals surface area contributed by atoms with Crippen LogP contribution in [-0.2, 0) is 0 Å². The standard InChI is InChI=1S/C19H24N2O/c1-11-9-12(2)19(10-18(11)16(6)22)21-15(5)13(3)14(4)20(8)17(21)7/h9-10H,5,7H2,1-4,6,8H3. The molecular weight excluding hydrogens is 272 g/mol. The molecule has 0 fully saturated rings. The predicted octanol–water partition coefficient (Wildman–Crippen LogP) is 4.54. The Labute approximate surface area is 133 Å². The van der Waals surface area contributed by atoms with Gasteiger partial charge in [-0.15, -0.1) is 0 Å². The van der Waals surface area contributed by atoms with E-state index in [0.717, 1.165) is 45.2 Å². The van der Waals surface area contributed by atoms with Crippen molar-refractivity contribution in [3.8, 4) is 0 Å². The first-order chi connectivity index (χ1) is 10.2. The van der Waals surface area contributed by atoms with Gasteiger partial charge in [-0.25, -0.2) is 0 Å². The van der Waals surface area contributed by atoms with Gasteiger partial charge < -0.3 is 4.90 Å². The fourth-order valence-electron chi connectivity index (χ4n) is 2.87. The van der Waals surface area contributed by atoms with Crippen molar-refractivity contribution < 1.29 is 4.79 Å². The first-order valence-electron chi connectivity index (χ1n) is 7.38. The lowest BCUT2D eigenvalue weighted by Gasteiger charge is -2.41. The van der Waals surface area contributed by atoms with Gasteiger partial charge >= 0.3 is 0 Å². The lowest BCUT2D eigenvalue weighted by molar-refractivity contribution is 0.101. The van der Waals surface area contributed by atoms with E-state index in [-0.39, 0.29) is 5.78 Å². The average Bonchev–Trinajstić information content (AvgIpc) is 2.45. The number of benzene rings is 1. The monoisotopic (exact) mass is 296 g/mol. The average molecular weight is 296 g/mol. The van der Waals surface area contributed by atoms with Crippen LogP contribution in [0.25, 0.3) is 0 Å². The van der Waals surface area contributed by atoms with Crippen LogP contribution in [0.15, 0.2) is 48.1 Å². The van der Waals surface area contributed by atoms with Gasteiger partial charge in [-0.05, 0) is 57.4 Å². The zero-order chi connectivity index (χ0) is 16.8. The van der Waals surface area contributed by atoms with E-state index in [9.17, 15) is 4.79 Å². The second kappa shape index (κ2) is 5.48. The van der Waals surface area contributed by atoms with E-state index in [1.165, 1.54) is 0 Å². The summed E-state index contributed by atoms with van der Waals surface area (Å²) in [6.45, 7) is 18.2. The number of anilines is 1. The maximum atomic E-state index is 11.9. The topological polar surface area (TPSA) is 23.6 Å². The van der Waals surface area contributed by atoms with Crippen LogP contribution in [0.1, 0.15) is 42.3 Å². The molecule has 1 aromatic rings. The van der Waals surface area contributed by atoms with Gasteiger partial charge in [0.25, 0.3) is 0 Å². The molecule has 1 aliphatic rings. The molecule has 0 N–H and O–H groups in total. The number of nitrogens with zero attached hydrogens (tertiary/aromatic N) is 2. The van der Waals surface area contributed by atoms with Crippen LogP contribution in [0.2, 0.25) is 0 Å². The van der Waals surface area contributed by atoms with E-state index in [4.69, 9.17) is 0 Å². The number of hydrogen-bond acceptors (Lipinski definition) is 3. The molecule has 0 bridgehead atoms. The molecular formula is C19H24N2O. The molecule has 1 heterocycles. The highest BCUT2D eigenvalue weighted by atomic mass is 16.1. The van der Waals surface area contributed by atoms with Crippen LogP contribution in [0.4, 0.5) is 5.69 Å². The summed E-state index contributed by atoms with van der Waals surface area (Å²) in [5.74, 6) is 0.915. The largest absolute Gasteiger partial charge is 0.335 e. The number of aryl methyl sites for hydroxylation is 2. The molecule has 0 radical (unpaired) electrons. The molecule has 0 saturated carbocycles.